The molecule has 3 rings (SSSR count). The summed E-state index contributed by atoms with van der Waals surface area (Å²) >= 11 is 13.8. The van der Waals surface area contributed by atoms with E-state index in [1.54, 1.807) is 36.2 Å². The number of benzene rings is 2. The fourth-order valence-corrected chi connectivity index (χ4v) is 3.61. The highest BCUT2D eigenvalue weighted by Gasteiger charge is 2.17. The van der Waals surface area contributed by atoms with E-state index >= 15 is 0 Å². The molecular weight excluding hydrogens is 352 g/mol. The van der Waals surface area contributed by atoms with E-state index in [1.165, 1.54) is 12.1 Å². The topological polar surface area (TPSA) is 12.9 Å². The Morgan fingerprint density at radius 2 is 1.70 bits per heavy atom. The van der Waals surface area contributed by atoms with Crippen LogP contribution in [-0.2, 0) is 0 Å². The van der Waals surface area contributed by atoms with Crippen molar-refractivity contribution in [2.45, 2.75) is 10.1 Å². The quantitative estimate of drug-likeness (QED) is 0.496. The number of thioether (sulfide) groups is 1. The second-order valence-corrected chi connectivity index (χ2v) is 6.90. The number of pyridine rings is 1. The minimum atomic E-state index is -0.248. The number of halogens is 3. The van der Waals surface area contributed by atoms with Crippen molar-refractivity contribution in [1.29, 1.82) is 0 Å². The largest absolute Gasteiger partial charge is 0.264 e. The molecule has 0 fully saturated rings. The van der Waals surface area contributed by atoms with Gasteiger partial charge >= 0.3 is 0 Å². The molecule has 0 aliphatic heterocycles. The van der Waals surface area contributed by atoms with Crippen molar-refractivity contribution in [3.8, 4) is 0 Å². The van der Waals surface area contributed by atoms with Crippen molar-refractivity contribution in [2.24, 2.45) is 0 Å². The Kier molecular flexibility index (Phi) is 5.21. The fourth-order valence-electron chi connectivity index (χ4n) is 2.18. The lowest BCUT2D eigenvalue weighted by molar-refractivity contribution is 0.626. The van der Waals surface area contributed by atoms with Crippen LogP contribution in [0.3, 0.4) is 0 Å². The van der Waals surface area contributed by atoms with Crippen molar-refractivity contribution >= 4 is 35.0 Å². The lowest BCUT2D eigenvalue weighted by atomic mass is 10.1. The first-order valence-electron chi connectivity index (χ1n) is 6.90. The van der Waals surface area contributed by atoms with Gasteiger partial charge in [0.2, 0.25) is 0 Å². The lowest BCUT2D eigenvalue weighted by Crippen LogP contribution is -1.98. The van der Waals surface area contributed by atoms with Crippen LogP contribution in [0.15, 0.2) is 71.9 Å². The van der Waals surface area contributed by atoms with Gasteiger partial charge in [-0.2, -0.15) is 0 Å². The summed E-state index contributed by atoms with van der Waals surface area (Å²) in [4.78, 5) is 5.16. The molecule has 1 aromatic heterocycles. The maximum atomic E-state index is 13.1. The second-order valence-electron chi connectivity index (χ2n) is 4.91. The van der Waals surface area contributed by atoms with Gasteiger partial charge in [-0.15, -0.1) is 11.8 Å². The Balaban J connectivity index is 1.99. The molecule has 3 aromatic rings. The molecule has 116 valence electrons. The zero-order valence-electron chi connectivity index (χ0n) is 11.9. The average molecular weight is 364 g/mol. The molecule has 0 aliphatic rings. The summed E-state index contributed by atoms with van der Waals surface area (Å²) in [6.07, 6.45) is 3.56. The molecule has 2 aromatic carbocycles. The van der Waals surface area contributed by atoms with E-state index in [2.05, 4.69) is 4.98 Å². The third-order valence-electron chi connectivity index (χ3n) is 3.30. The highest BCUT2D eigenvalue weighted by molar-refractivity contribution is 7.99. The van der Waals surface area contributed by atoms with E-state index in [9.17, 15) is 4.39 Å². The Labute approximate surface area is 148 Å². The molecule has 0 N–H and O–H groups in total. The smallest absolute Gasteiger partial charge is 0.123 e. The van der Waals surface area contributed by atoms with Gasteiger partial charge in [0.1, 0.15) is 5.82 Å². The maximum absolute atomic E-state index is 13.1. The van der Waals surface area contributed by atoms with Crippen LogP contribution in [0.1, 0.15) is 16.4 Å². The van der Waals surface area contributed by atoms with Gasteiger partial charge in [0.25, 0.3) is 0 Å². The number of hydrogen-bond donors (Lipinski definition) is 0. The first-order valence-corrected chi connectivity index (χ1v) is 8.54. The van der Waals surface area contributed by atoms with Gasteiger partial charge in [-0.3, -0.25) is 4.98 Å². The molecule has 23 heavy (non-hydrogen) atoms. The summed E-state index contributed by atoms with van der Waals surface area (Å²) in [5.74, 6) is -0.248. The summed E-state index contributed by atoms with van der Waals surface area (Å²) in [6.45, 7) is 0. The zero-order valence-corrected chi connectivity index (χ0v) is 14.2. The Morgan fingerprint density at radius 3 is 2.35 bits per heavy atom. The average Bonchev–Trinajstić information content (AvgIpc) is 2.58. The maximum Gasteiger partial charge on any atom is 0.123 e. The minimum absolute atomic E-state index is 0.0103. The highest BCUT2D eigenvalue weighted by atomic mass is 35.5. The summed E-state index contributed by atoms with van der Waals surface area (Å²) in [6, 6.07) is 15.9. The van der Waals surface area contributed by atoms with Crippen LogP contribution in [-0.4, -0.2) is 4.98 Å². The van der Waals surface area contributed by atoms with Crippen LogP contribution in [0.5, 0.6) is 0 Å². The lowest BCUT2D eigenvalue weighted by Gasteiger charge is -2.18. The second kappa shape index (κ2) is 7.35. The predicted octanol–water partition coefficient (Wildman–Crippen LogP) is 6.41. The van der Waals surface area contributed by atoms with Gasteiger partial charge in [-0.05, 0) is 53.6 Å². The first-order chi connectivity index (χ1) is 11.1. The number of nitrogens with zero attached hydrogens (tertiary/aromatic N) is 1. The van der Waals surface area contributed by atoms with Gasteiger partial charge in [0, 0.05) is 17.3 Å². The number of rotatable bonds is 4. The van der Waals surface area contributed by atoms with Crippen molar-refractivity contribution < 1.29 is 4.39 Å². The molecule has 0 radical (unpaired) electrons. The third-order valence-corrected chi connectivity index (χ3v) is 5.36. The third kappa shape index (κ3) is 4.05. The Hall–Kier alpha value is -1.55. The van der Waals surface area contributed by atoms with Crippen LogP contribution >= 0.6 is 35.0 Å². The molecule has 0 amide bonds. The van der Waals surface area contributed by atoms with Gasteiger partial charge in [0.15, 0.2) is 0 Å². The molecule has 1 unspecified atom stereocenters. The van der Waals surface area contributed by atoms with Gasteiger partial charge in [0.05, 0.1) is 15.3 Å². The van der Waals surface area contributed by atoms with Crippen molar-refractivity contribution in [3.05, 3.63) is 94.0 Å². The van der Waals surface area contributed by atoms with Crippen LogP contribution in [0.2, 0.25) is 10.0 Å². The summed E-state index contributed by atoms with van der Waals surface area (Å²) in [7, 11) is 0. The molecule has 1 nitrogen and oxygen atoms in total. The van der Waals surface area contributed by atoms with E-state index < -0.39 is 0 Å². The van der Waals surface area contributed by atoms with Crippen molar-refractivity contribution in [2.75, 3.05) is 0 Å². The van der Waals surface area contributed by atoms with Crippen LogP contribution in [0.4, 0.5) is 4.39 Å². The van der Waals surface area contributed by atoms with E-state index in [0.717, 1.165) is 16.0 Å². The molecule has 1 heterocycles. The summed E-state index contributed by atoms with van der Waals surface area (Å²) < 4.78 is 13.1. The Morgan fingerprint density at radius 1 is 0.913 bits per heavy atom. The molecule has 5 heteroatoms. The van der Waals surface area contributed by atoms with E-state index in [0.29, 0.717) is 10.0 Å². The van der Waals surface area contributed by atoms with Crippen molar-refractivity contribution in [3.63, 3.8) is 0 Å². The molecule has 0 saturated heterocycles. The SMILES string of the molecule is Fc1ccc(SC(c2cccnc2)c2ccc(Cl)c(Cl)c2)cc1. The fraction of sp³-hybridized carbons (Fsp3) is 0.0556. The minimum Gasteiger partial charge on any atom is -0.264 e. The summed E-state index contributed by atoms with van der Waals surface area (Å²) in [5.41, 5.74) is 2.06. The van der Waals surface area contributed by atoms with Crippen LogP contribution < -0.4 is 0 Å². The molecular formula is C18H12Cl2FNS. The molecule has 0 bridgehead atoms. The van der Waals surface area contributed by atoms with E-state index in [1.807, 2.05) is 30.5 Å². The van der Waals surface area contributed by atoms with E-state index in [-0.39, 0.29) is 11.1 Å². The monoisotopic (exact) mass is 363 g/mol. The van der Waals surface area contributed by atoms with E-state index in [4.69, 9.17) is 23.2 Å². The van der Waals surface area contributed by atoms with Crippen molar-refractivity contribution in [1.82, 2.24) is 4.98 Å². The first kappa shape index (κ1) is 16.3. The van der Waals surface area contributed by atoms with Crippen LogP contribution in [0, 0.1) is 5.82 Å². The standard InChI is InChI=1S/C18H12Cl2FNS/c19-16-8-3-12(10-17(16)20)18(13-2-1-9-22-11-13)23-15-6-4-14(21)5-7-15/h1-11,18H. The predicted molar refractivity (Wildman–Crippen MR) is 94.8 cm³/mol. The molecule has 0 spiro atoms. The summed E-state index contributed by atoms with van der Waals surface area (Å²) in [5, 5.41) is 1.02. The molecule has 0 aliphatic carbocycles. The molecule has 1 atom stereocenters. The Bertz CT molecular complexity index is 794. The van der Waals surface area contributed by atoms with Gasteiger partial charge in [-0.1, -0.05) is 35.3 Å². The normalized spacial score (nSPS) is 12.1. The van der Waals surface area contributed by atoms with Crippen LogP contribution in [0.25, 0.3) is 0 Å². The zero-order chi connectivity index (χ0) is 16.2. The number of hydrogen-bond acceptors (Lipinski definition) is 2. The van der Waals surface area contributed by atoms with Gasteiger partial charge in [-0.25, -0.2) is 4.39 Å². The molecule has 0 saturated carbocycles. The van der Waals surface area contributed by atoms with Gasteiger partial charge < -0.3 is 0 Å². The number of aromatic nitrogens is 1. The highest BCUT2D eigenvalue weighted by Crippen LogP contribution is 2.41.